The molecule has 0 heterocycles. The molecule has 0 bridgehead atoms. The van der Waals surface area contributed by atoms with Crippen molar-refractivity contribution in [2.24, 2.45) is 0 Å². The molecule has 0 aliphatic heterocycles. The fraction of sp³-hybridized carbons (Fsp3) is 0.471. The standard InChI is InChI=1S/C17H26N4O3S.ClH/c1-5-7-12-18-21(4,13(3)22)15-11-9-8-10-14(15)19-16(25)20-17(23)24-6-2;/h8-11,18H,5-7,12H2,1-4H3,(H-,19,20,23,25);1H/p+1. The van der Waals surface area contributed by atoms with Gasteiger partial charge in [0.15, 0.2) is 10.8 Å². The number of nitrogens with one attached hydrogen (secondary N) is 3. The zero-order valence-corrected chi connectivity index (χ0v) is 17.3. The summed E-state index contributed by atoms with van der Waals surface area (Å²) in [6.45, 7) is 6.29. The van der Waals surface area contributed by atoms with Gasteiger partial charge in [0.1, 0.15) is 5.69 Å². The summed E-state index contributed by atoms with van der Waals surface area (Å²) in [6, 6.07) is 7.32. The topological polar surface area (TPSA) is 79.5 Å². The van der Waals surface area contributed by atoms with E-state index in [0.29, 0.717) is 17.9 Å². The number of carbonyl (C=O) groups is 2. The largest absolute Gasteiger partial charge is 0.450 e. The van der Waals surface area contributed by atoms with E-state index < -0.39 is 6.09 Å². The molecule has 26 heavy (non-hydrogen) atoms. The SMILES string of the molecule is CCCCN[N+](C)(C(C)=O)c1ccccc1NC(=S)NC(=O)OCC.Cl. The van der Waals surface area contributed by atoms with Gasteiger partial charge in [-0.2, -0.15) is 10.0 Å². The summed E-state index contributed by atoms with van der Waals surface area (Å²) < 4.78 is 4.73. The molecule has 2 amide bonds. The van der Waals surface area contributed by atoms with Gasteiger partial charge in [-0.15, -0.1) is 12.4 Å². The number of nitrogens with zero attached hydrogens (tertiary/aromatic N) is 1. The average molecular weight is 404 g/mol. The molecule has 146 valence electrons. The number of quaternary nitrogens is 1. The summed E-state index contributed by atoms with van der Waals surface area (Å²) >= 11 is 5.15. The Balaban J connectivity index is 0.00000625. The van der Waals surface area contributed by atoms with E-state index in [-0.39, 0.29) is 34.6 Å². The molecule has 0 aliphatic carbocycles. The van der Waals surface area contributed by atoms with Crippen LogP contribution in [0.5, 0.6) is 0 Å². The minimum atomic E-state index is -0.623. The Labute approximate surface area is 166 Å². The van der Waals surface area contributed by atoms with Crippen LogP contribution in [0.4, 0.5) is 16.2 Å². The summed E-state index contributed by atoms with van der Waals surface area (Å²) in [5, 5.41) is 5.50. The van der Waals surface area contributed by atoms with E-state index in [1.54, 1.807) is 20.0 Å². The van der Waals surface area contributed by atoms with E-state index in [9.17, 15) is 9.59 Å². The maximum Gasteiger partial charge on any atom is 0.413 e. The highest BCUT2D eigenvalue weighted by Gasteiger charge is 2.34. The lowest BCUT2D eigenvalue weighted by Crippen LogP contribution is -2.60. The number of halogens is 1. The van der Waals surface area contributed by atoms with E-state index in [4.69, 9.17) is 17.0 Å². The number of amides is 2. The van der Waals surface area contributed by atoms with Crippen molar-refractivity contribution in [3.05, 3.63) is 24.3 Å². The summed E-state index contributed by atoms with van der Waals surface area (Å²) in [7, 11) is 1.79. The van der Waals surface area contributed by atoms with Crippen LogP contribution in [0.2, 0.25) is 0 Å². The minimum Gasteiger partial charge on any atom is -0.450 e. The number of alkyl carbamates (subject to hydrolysis) is 1. The number of carbonyl (C=O) groups excluding carboxylic acids is 2. The van der Waals surface area contributed by atoms with Crippen LogP contribution >= 0.6 is 24.6 Å². The Morgan fingerprint density at radius 3 is 2.46 bits per heavy atom. The molecule has 9 heteroatoms. The summed E-state index contributed by atoms with van der Waals surface area (Å²) in [6.07, 6.45) is 1.36. The van der Waals surface area contributed by atoms with Crippen molar-refractivity contribution >= 4 is 53.1 Å². The van der Waals surface area contributed by atoms with Crippen molar-refractivity contribution in [3.63, 3.8) is 0 Å². The number of ether oxygens (including phenoxy) is 1. The number of anilines is 1. The molecular weight excluding hydrogens is 376 g/mol. The zero-order valence-electron chi connectivity index (χ0n) is 15.6. The van der Waals surface area contributed by atoms with Gasteiger partial charge in [0.25, 0.3) is 0 Å². The van der Waals surface area contributed by atoms with Crippen molar-refractivity contribution in [2.45, 2.75) is 33.6 Å². The molecule has 0 spiro atoms. The lowest BCUT2D eigenvalue weighted by Gasteiger charge is -2.31. The Morgan fingerprint density at radius 2 is 1.88 bits per heavy atom. The average Bonchev–Trinajstić information content (AvgIpc) is 2.55. The fourth-order valence-electron chi connectivity index (χ4n) is 2.23. The third-order valence-electron chi connectivity index (χ3n) is 3.71. The number of hydrogen-bond donors (Lipinski definition) is 3. The predicted octanol–water partition coefficient (Wildman–Crippen LogP) is 3.34. The molecule has 1 rings (SSSR count). The first-order chi connectivity index (χ1) is 11.8. The normalized spacial score (nSPS) is 12.3. The molecule has 1 aromatic carbocycles. The number of thiocarbonyl (C=S) groups is 1. The molecular formula is C17H28ClN4O3S+. The van der Waals surface area contributed by atoms with Crippen LogP contribution < -0.4 is 20.7 Å². The van der Waals surface area contributed by atoms with Gasteiger partial charge in [0, 0.05) is 12.6 Å². The monoisotopic (exact) mass is 403 g/mol. The Kier molecular flexibility index (Phi) is 11.0. The highest BCUT2D eigenvalue weighted by molar-refractivity contribution is 7.80. The lowest BCUT2D eigenvalue weighted by atomic mass is 10.2. The summed E-state index contributed by atoms with van der Waals surface area (Å²) in [5.74, 6) is -0.0605. The number of hydrogen-bond acceptors (Lipinski definition) is 5. The van der Waals surface area contributed by atoms with Gasteiger partial charge in [-0.05, 0) is 31.6 Å². The molecule has 0 saturated carbocycles. The van der Waals surface area contributed by atoms with Crippen LogP contribution in [0.1, 0.15) is 33.6 Å². The zero-order chi connectivity index (χ0) is 18.9. The molecule has 7 nitrogen and oxygen atoms in total. The maximum atomic E-state index is 12.3. The molecule has 0 fully saturated rings. The Morgan fingerprint density at radius 1 is 1.23 bits per heavy atom. The molecule has 0 radical (unpaired) electrons. The quantitative estimate of drug-likeness (QED) is 0.280. The van der Waals surface area contributed by atoms with Crippen molar-refractivity contribution in [3.8, 4) is 0 Å². The first-order valence-electron chi connectivity index (χ1n) is 8.32. The third kappa shape index (κ3) is 6.87. The minimum absolute atomic E-state index is 0. The summed E-state index contributed by atoms with van der Waals surface area (Å²) in [5.41, 5.74) is 4.62. The van der Waals surface area contributed by atoms with E-state index >= 15 is 0 Å². The number of unbranched alkanes of at least 4 members (excludes halogenated alkanes) is 1. The van der Waals surface area contributed by atoms with Gasteiger partial charge in [-0.1, -0.05) is 25.5 Å². The molecule has 0 aliphatic rings. The molecule has 1 atom stereocenters. The van der Waals surface area contributed by atoms with Gasteiger partial charge >= 0.3 is 12.0 Å². The number of rotatable bonds is 7. The van der Waals surface area contributed by atoms with Crippen molar-refractivity contribution in [1.29, 1.82) is 0 Å². The van der Waals surface area contributed by atoms with E-state index in [2.05, 4.69) is 23.0 Å². The first kappa shape index (κ1) is 24.3. The second-order valence-electron chi connectivity index (χ2n) is 5.60. The first-order valence-corrected chi connectivity index (χ1v) is 8.73. The lowest BCUT2D eigenvalue weighted by molar-refractivity contribution is -0.129. The van der Waals surface area contributed by atoms with Crippen molar-refractivity contribution in [1.82, 2.24) is 15.3 Å². The second-order valence-corrected chi connectivity index (χ2v) is 6.01. The molecule has 1 aromatic rings. The number of benzene rings is 1. The fourth-order valence-corrected chi connectivity index (χ4v) is 2.42. The molecule has 1 unspecified atom stereocenters. The van der Waals surface area contributed by atoms with Crippen LogP contribution in [-0.4, -0.2) is 37.3 Å². The van der Waals surface area contributed by atoms with Crippen LogP contribution in [0, 0.1) is 0 Å². The maximum absolute atomic E-state index is 12.3. The third-order valence-corrected chi connectivity index (χ3v) is 3.92. The van der Waals surface area contributed by atoms with Gasteiger partial charge in [-0.25, -0.2) is 9.59 Å². The number of para-hydroxylation sites is 2. The molecule has 0 saturated heterocycles. The van der Waals surface area contributed by atoms with Crippen molar-refractivity contribution < 1.29 is 14.3 Å². The molecule has 3 N–H and O–H groups in total. The Bertz CT molecular complexity index is 630. The van der Waals surface area contributed by atoms with Gasteiger partial charge < -0.3 is 10.1 Å². The van der Waals surface area contributed by atoms with Gasteiger partial charge in [-0.3, -0.25) is 5.32 Å². The second kappa shape index (κ2) is 11.8. The van der Waals surface area contributed by atoms with Crippen molar-refractivity contribution in [2.75, 3.05) is 25.5 Å². The van der Waals surface area contributed by atoms with Gasteiger partial charge in [0.2, 0.25) is 0 Å². The van der Waals surface area contributed by atoms with E-state index in [1.807, 2.05) is 18.2 Å². The van der Waals surface area contributed by atoms with Crippen LogP contribution in [-0.2, 0) is 9.53 Å². The van der Waals surface area contributed by atoms with E-state index in [0.717, 1.165) is 12.8 Å². The summed E-state index contributed by atoms with van der Waals surface area (Å²) in [4.78, 5) is 23.8. The highest BCUT2D eigenvalue weighted by atomic mass is 35.5. The van der Waals surface area contributed by atoms with Gasteiger partial charge in [0.05, 0.1) is 20.6 Å². The Hall–Kier alpha value is -1.74. The molecule has 0 aromatic heterocycles. The van der Waals surface area contributed by atoms with Crippen LogP contribution in [0.3, 0.4) is 0 Å². The van der Waals surface area contributed by atoms with Crippen LogP contribution in [0.15, 0.2) is 24.3 Å². The van der Waals surface area contributed by atoms with Crippen LogP contribution in [0.25, 0.3) is 0 Å². The van der Waals surface area contributed by atoms with E-state index in [1.165, 1.54) is 6.92 Å². The smallest absolute Gasteiger partial charge is 0.413 e. The predicted molar refractivity (Wildman–Crippen MR) is 111 cm³/mol. The highest BCUT2D eigenvalue weighted by Crippen LogP contribution is 2.29.